The molecule has 0 saturated carbocycles. The van der Waals surface area contributed by atoms with Gasteiger partial charge in [-0.15, -0.1) is 0 Å². The molecule has 0 aliphatic carbocycles. The van der Waals surface area contributed by atoms with Gasteiger partial charge in [-0.2, -0.15) is 0 Å². The van der Waals surface area contributed by atoms with Gasteiger partial charge in [-0.3, -0.25) is 4.79 Å². The summed E-state index contributed by atoms with van der Waals surface area (Å²) in [5.41, 5.74) is 0.998. The smallest absolute Gasteiger partial charge is 0.227 e. The molecule has 0 fully saturated rings. The van der Waals surface area contributed by atoms with Crippen LogP contribution in [0.15, 0.2) is 24.3 Å². The van der Waals surface area contributed by atoms with E-state index in [1.165, 1.54) is 0 Å². The van der Waals surface area contributed by atoms with Gasteiger partial charge in [0, 0.05) is 18.2 Å². The highest BCUT2D eigenvalue weighted by atomic mass is 16.5. The van der Waals surface area contributed by atoms with E-state index >= 15 is 0 Å². The van der Waals surface area contributed by atoms with Crippen molar-refractivity contribution in [3.8, 4) is 5.75 Å². The highest BCUT2D eigenvalue weighted by Crippen LogP contribution is 2.33. The van der Waals surface area contributed by atoms with Gasteiger partial charge in [0.1, 0.15) is 5.75 Å². The van der Waals surface area contributed by atoms with Crippen molar-refractivity contribution in [3.63, 3.8) is 0 Å². The molecule has 18 heavy (non-hydrogen) atoms. The van der Waals surface area contributed by atoms with Crippen LogP contribution in [0.4, 0.5) is 0 Å². The Bertz CT molecular complexity index is 420. The molecule has 4 nitrogen and oxygen atoms in total. The van der Waals surface area contributed by atoms with E-state index in [4.69, 9.17) is 4.74 Å². The molecule has 1 aromatic carbocycles. The average molecular weight is 248 g/mol. The lowest BCUT2D eigenvalue weighted by Crippen LogP contribution is -2.40. The zero-order valence-electron chi connectivity index (χ0n) is 10.9. The van der Waals surface area contributed by atoms with Gasteiger partial charge >= 0.3 is 0 Å². The van der Waals surface area contributed by atoms with E-state index in [1.54, 1.807) is 0 Å². The van der Waals surface area contributed by atoms with E-state index < -0.39 is 0 Å². The minimum absolute atomic E-state index is 0.0843. The second-order valence-corrected chi connectivity index (χ2v) is 4.66. The zero-order chi connectivity index (χ0) is 13.0. The summed E-state index contributed by atoms with van der Waals surface area (Å²) >= 11 is 0. The van der Waals surface area contributed by atoms with Crippen LogP contribution in [0.5, 0.6) is 5.75 Å². The summed E-state index contributed by atoms with van der Waals surface area (Å²) in [4.78, 5) is 12.2. The summed E-state index contributed by atoms with van der Waals surface area (Å²) in [5, 5.41) is 6.09. The number of likely N-dealkylation sites (N-methyl/N-ethyl adjacent to an activating group) is 1. The van der Waals surface area contributed by atoms with Gasteiger partial charge in [0.05, 0.1) is 12.5 Å². The van der Waals surface area contributed by atoms with E-state index in [1.807, 2.05) is 38.2 Å². The molecule has 1 aromatic rings. The molecule has 1 heterocycles. The first-order valence-corrected chi connectivity index (χ1v) is 6.39. The van der Waals surface area contributed by atoms with Crippen molar-refractivity contribution >= 4 is 5.91 Å². The molecule has 1 aliphatic rings. The second kappa shape index (κ2) is 5.87. The average Bonchev–Trinajstić information content (AvgIpc) is 2.43. The molecule has 2 unspecified atom stereocenters. The van der Waals surface area contributed by atoms with Crippen LogP contribution in [-0.2, 0) is 4.79 Å². The van der Waals surface area contributed by atoms with Crippen molar-refractivity contribution in [1.82, 2.24) is 10.6 Å². The highest BCUT2D eigenvalue weighted by molar-refractivity contribution is 5.84. The standard InChI is InChI=1S/C14H20N2O2/c1-10(15-2)9-16-14(17)12-7-8-18-13-6-4-3-5-11(12)13/h3-6,10,12,15H,7-9H2,1-2H3,(H,16,17). The Labute approximate surface area is 108 Å². The monoisotopic (exact) mass is 248 g/mol. The molecule has 1 amide bonds. The first-order chi connectivity index (χ1) is 8.72. The molecule has 2 rings (SSSR count). The molecular weight excluding hydrogens is 228 g/mol. The molecule has 0 spiro atoms. The fourth-order valence-corrected chi connectivity index (χ4v) is 2.09. The van der Waals surface area contributed by atoms with Gasteiger partial charge in [0.15, 0.2) is 0 Å². The van der Waals surface area contributed by atoms with Crippen molar-refractivity contribution in [2.45, 2.75) is 25.3 Å². The number of benzene rings is 1. The number of hydrogen-bond donors (Lipinski definition) is 2. The third-order valence-corrected chi connectivity index (χ3v) is 3.35. The van der Waals surface area contributed by atoms with Gasteiger partial charge < -0.3 is 15.4 Å². The van der Waals surface area contributed by atoms with Crippen molar-refractivity contribution in [2.24, 2.45) is 0 Å². The first-order valence-electron chi connectivity index (χ1n) is 6.39. The molecule has 2 N–H and O–H groups in total. The van der Waals surface area contributed by atoms with Gasteiger partial charge in [-0.1, -0.05) is 18.2 Å². The minimum Gasteiger partial charge on any atom is -0.493 e. The quantitative estimate of drug-likeness (QED) is 0.844. The predicted molar refractivity (Wildman–Crippen MR) is 70.8 cm³/mol. The summed E-state index contributed by atoms with van der Waals surface area (Å²) in [6.45, 7) is 3.30. The number of para-hydroxylation sites is 1. The van der Waals surface area contributed by atoms with Crippen LogP contribution in [0, 0.1) is 0 Å². The number of carbonyl (C=O) groups is 1. The lowest BCUT2D eigenvalue weighted by atomic mass is 9.92. The molecule has 0 radical (unpaired) electrons. The molecule has 0 aromatic heterocycles. The highest BCUT2D eigenvalue weighted by Gasteiger charge is 2.27. The van der Waals surface area contributed by atoms with Gasteiger partial charge in [-0.05, 0) is 26.5 Å². The van der Waals surface area contributed by atoms with Crippen LogP contribution in [0.2, 0.25) is 0 Å². The summed E-state index contributed by atoms with van der Waals surface area (Å²) < 4.78 is 5.56. The van der Waals surface area contributed by atoms with Crippen LogP contribution < -0.4 is 15.4 Å². The fraction of sp³-hybridized carbons (Fsp3) is 0.500. The van der Waals surface area contributed by atoms with Crippen molar-refractivity contribution in [1.29, 1.82) is 0 Å². The lowest BCUT2D eigenvalue weighted by molar-refractivity contribution is -0.123. The summed E-state index contributed by atoms with van der Waals surface area (Å²) in [7, 11) is 1.89. The SMILES string of the molecule is CNC(C)CNC(=O)C1CCOc2ccccc21. The summed E-state index contributed by atoms with van der Waals surface area (Å²) in [5.74, 6) is 0.845. The Balaban J connectivity index is 2.04. The van der Waals surface area contributed by atoms with Gasteiger partial charge in [-0.25, -0.2) is 0 Å². The van der Waals surface area contributed by atoms with E-state index in [2.05, 4.69) is 10.6 Å². The van der Waals surface area contributed by atoms with Crippen molar-refractivity contribution in [3.05, 3.63) is 29.8 Å². The van der Waals surface area contributed by atoms with Crippen molar-refractivity contribution in [2.75, 3.05) is 20.2 Å². The zero-order valence-corrected chi connectivity index (χ0v) is 10.9. The van der Waals surface area contributed by atoms with E-state index in [9.17, 15) is 4.79 Å². The Morgan fingerprint density at radius 3 is 3.06 bits per heavy atom. The molecule has 0 saturated heterocycles. The molecule has 98 valence electrons. The van der Waals surface area contributed by atoms with Crippen LogP contribution >= 0.6 is 0 Å². The Morgan fingerprint density at radius 1 is 1.50 bits per heavy atom. The maximum atomic E-state index is 12.2. The topological polar surface area (TPSA) is 50.4 Å². The third kappa shape index (κ3) is 2.82. The predicted octanol–water partition coefficient (Wildman–Crippen LogP) is 1.28. The summed E-state index contributed by atoms with van der Waals surface area (Å²) in [6.07, 6.45) is 0.747. The molecule has 2 atom stereocenters. The number of nitrogens with one attached hydrogen (secondary N) is 2. The van der Waals surface area contributed by atoms with Crippen LogP contribution in [0.25, 0.3) is 0 Å². The van der Waals surface area contributed by atoms with E-state index in [-0.39, 0.29) is 17.9 Å². The maximum absolute atomic E-state index is 12.2. The van der Waals surface area contributed by atoms with E-state index in [0.29, 0.717) is 13.2 Å². The number of carbonyl (C=O) groups excluding carboxylic acids is 1. The van der Waals surface area contributed by atoms with Crippen molar-refractivity contribution < 1.29 is 9.53 Å². The Hall–Kier alpha value is -1.55. The van der Waals surface area contributed by atoms with Gasteiger partial charge in [0.25, 0.3) is 0 Å². The maximum Gasteiger partial charge on any atom is 0.227 e. The molecule has 1 aliphatic heterocycles. The molecule has 4 heteroatoms. The van der Waals surface area contributed by atoms with Crippen LogP contribution in [0.1, 0.15) is 24.8 Å². The van der Waals surface area contributed by atoms with Crippen LogP contribution in [0.3, 0.4) is 0 Å². The number of fused-ring (bicyclic) bond motifs is 1. The van der Waals surface area contributed by atoms with E-state index in [0.717, 1.165) is 17.7 Å². The number of amides is 1. The summed E-state index contributed by atoms with van der Waals surface area (Å²) in [6, 6.07) is 8.06. The van der Waals surface area contributed by atoms with Crippen LogP contribution in [-0.4, -0.2) is 32.1 Å². The number of hydrogen-bond acceptors (Lipinski definition) is 3. The normalized spacial score (nSPS) is 19.6. The Morgan fingerprint density at radius 2 is 2.28 bits per heavy atom. The lowest BCUT2D eigenvalue weighted by Gasteiger charge is -2.25. The fourth-order valence-electron chi connectivity index (χ4n) is 2.09. The largest absolute Gasteiger partial charge is 0.493 e. The van der Waals surface area contributed by atoms with Gasteiger partial charge in [0.2, 0.25) is 5.91 Å². The first kappa shape index (κ1) is 12.9. The Kier molecular flexibility index (Phi) is 4.20. The third-order valence-electron chi connectivity index (χ3n) is 3.35. The number of ether oxygens (including phenoxy) is 1. The molecule has 0 bridgehead atoms. The minimum atomic E-state index is -0.0843. The molecular formula is C14H20N2O2. The number of rotatable bonds is 4. The second-order valence-electron chi connectivity index (χ2n) is 4.66.